The van der Waals surface area contributed by atoms with Crippen LogP contribution in [0.4, 0.5) is 11.6 Å². The molecule has 31 heavy (non-hydrogen) atoms. The number of fused-ring (bicyclic) bond motifs is 1. The van der Waals surface area contributed by atoms with Crippen molar-refractivity contribution < 1.29 is 9.53 Å². The van der Waals surface area contributed by atoms with Gasteiger partial charge in [0.2, 0.25) is 0 Å². The van der Waals surface area contributed by atoms with Gasteiger partial charge in [0.25, 0.3) is 0 Å². The highest BCUT2D eigenvalue weighted by Gasteiger charge is 2.18. The summed E-state index contributed by atoms with van der Waals surface area (Å²) in [5.74, 6) is -0.122. The van der Waals surface area contributed by atoms with Gasteiger partial charge in [-0.05, 0) is 18.6 Å². The fourth-order valence-corrected chi connectivity index (χ4v) is 3.07. The fraction of sp³-hybridized carbons (Fsp3) is 0.136. The number of methoxy groups -OCH3 is 1. The van der Waals surface area contributed by atoms with Crippen molar-refractivity contribution in [1.29, 1.82) is 5.26 Å². The summed E-state index contributed by atoms with van der Waals surface area (Å²) in [6, 6.07) is 17.3. The van der Waals surface area contributed by atoms with E-state index < -0.39 is 0 Å². The molecule has 0 aliphatic rings. The van der Waals surface area contributed by atoms with Crippen molar-refractivity contribution in [2.24, 2.45) is 0 Å². The minimum Gasteiger partial charge on any atom is -0.464 e. The molecule has 9 heteroatoms. The maximum atomic E-state index is 12.0. The van der Waals surface area contributed by atoms with Gasteiger partial charge in [-0.1, -0.05) is 43.3 Å². The van der Waals surface area contributed by atoms with Gasteiger partial charge in [0.1, 0.15) is 40.9 Å². The molecule has 4 aromatic rings. The third kappa shape index (κ3) is 4.28. The molecule has 0 atom stereocenters. The molecule has 0 saturated heterocycles. The van der Waals surface area contributed by atoms with E-state index in [0.717, 1.165) is 29.0 Å². The second-order valence-electron chi connectivity index (χ2n) is 6.35. The molecule has 0 fully saturated rings. The first-order valence-corrected chi connectivity index (χ1v) is 9.41. The van der Waals surface area contributed by atoms with E-state index in [2.05, 4.69) is 21.9 Å². The lowest BCUT2D eigenvalue weighted by Crippen LogP contribution is -2.08. The molecule has 1 aromatic carbocycles. The first kappa shape index (κ1) is 21.3. The Hall–Kier alpha value is -4.45. The van der Waals surface area contributed by atoms with Crippen molar-refractivity contribution in [3.05, 3.63) is 71.8 Å². The number of imidazole rings is 1. The molecule has 0 saturated carbocycles. The van der Waals surface area contributed by atoms with Crippen LogP contribution in [0.5, 0.6) is 0 Å². The summed E-state index contributed by atoms with van der Waals surface area (Å²) in [4.78, 5) is 23.8. The SMILES string of the molecule is CCc1nc2cccc(C(=O)OC)n2c1-c1ccccc1.N#Cc1c(N)ncnc1N. The summed E-state index contributed by atoms with van der Waals surface area (Å²) < 4.78 is 6.77. The molecule has 0 radical (unpaired) electrons. The maximum absolute atomic E-state index is 12.0. The number of nitrogens with zero attached hydrogens (tertiary/aromatic N) is 5. The highest BCUT2D eigenvalue weighted by atomic mass is 16.5. The number of aryl methyl sites for hydroxylation is 1. The number of pyridine rings is 1. The van der Waals surface area contributed by atoms with Gasteiger partial charge in [-0.2, -0.15) is 5.26 Å². The molecule has 0 bridgehead atoms. The Morgan fingerprint density at radius 3 is 2.32 bits per heavy atom. The summed E-state index contributed by atoms with van der Waals surface area (Å²) in [6.07, 6.45) is 2.01. The predicted octanol–water partition coefficient (Wildman–Crippen LogP) is 2.86. The van der Waals surface area contributed by atoms with E-state index in [1.54, 1.807) is 12.1 Å². The van der Waals surface area contributed by atoms with E-state index in [1.165, 1.54) is 13.4 Å². The van der Waals surface area contributed by atoms with Gasteiger partial charge < -0.3 is 16.2 Å². The number of rotatable bonds is 3. The number of nitrogen functional groups attached to an aromatic ring is 2. The van der Waals surface area contributed by atoms with E-state index in [0.29, 0.717) is 5.69 Å². The van der Waals surface area contributed by atoms with E-state index in [1.807, 2.05) is 46.9 Å². The van der Waals surface area contributed by atoms with Gasteiger partial charge in [0, 0.05) is 5.56 Å². The van der Waals surface area contributed by atoms with Crippen LogP contribution in [0.3, 0.4) is 0 Å². The fourth-order valence-electron chi connectivity index (χ4n) is 3.07. The zero-order chi connectivity index (χ0) is 22.4. The summed E-state index contributed by atoms with van der Waals surface area (Å²) in [5, 5.41) is 8.41. The summed E-state index contributed by atoms with van der Waals surface area (Å²) in [5.41, 5.74) is 14.9. The summed E-state index contributed by atoms with van der Waals surface area (Å²) in [6.45, 7) is 2.06. The number of benzene rings is 1. The van der Waals surface area contributed by atoms with Crippen molar-refractivity contribution in [3.63, 3.8) is 0 Å². The number of nitriles is 1. The Kier molecular flexibility index (Phi) is 6.42. The summed E-state index contributed by atoms with van der Waals surface area (Å²) >= 11 is 0. The number of carbonyl (C=O) groups excluding carboxylic acids is 1. The Labute approximate surface area is 179 Å². The van der Waals surface area contributed by atoms with Crippen molar-refractivity contribution in [3.8, 4) is 17.3 Å². The molecule has 0 aliphatic heterocycles. The van der Waals surface area contributed by atoms with Crippen LogP contribution in [-0.2, 0) is 11.2 Å². The van der Waals surface area contributed by atoms with Crippen LogP contribution in [0.1, 0.15) is 28.7 Å². The average Bonchev–Trinajstić information content (AvgIpc) is 3.18. The molecule has 0 spiro atoms. The maximum Gasteiger partial charge on any atom is 0.355 e. The largest absolute Gasteiger partial charge is 0.464 e. The number of hydrogen-bond acceptors (Lipinski definition) is 8. The number of carbonyl (C=O) groups is 1. The standard InChI is InChI=1S/C17H16N2O2.C5H5N5/c1-3-13-16(12-8-5-4-6-9-12)19-14(17(20)21-2)10-7-11-15(19)18-13;6-1-3-4(7)9-2-10-5(3)8/h4-11H,3H2,1-2H3;2H,(H4,7,8,9,10). The molecule has 0 amide bonds. The molecule has 3 aromatic heterocycles. The predicted molar refractivity (Wildman–Crippen MR) is 117 cm³/mol. The Bertz CT molecular complexity index is 1240. The monoisotopic (exact) mass is 415 g/mol. The van der Waals surface area contributed by atoms with Crippen molar-refractivity contribution in [2.45, 2.75) is 13.3 Å². The zero-order valence-corrected chi connectivity index (χ0v) is 17.1. The normalized spacial score (nSPS) is 10.1. The van der Waals surface area contributed by atoms with E-state index in [9.17, 15) is 4.79 Å². The minimum absolute atomic E-state index is 0.120. The Morgan fingerprint density at radius 1 is 1.10 bits per heavy atom. The number of anilines is 2. The van der Waals surface area contributed by atoms with Gasteiger partial charge in [-0.3, -0.25) is 4.40 Å². The van der Waals surface area contributed by atoms with Crippen LogP contribution in [0.15, 0.2) is 54.9 Å². The second-order valence-corrected chi connectivity index (χ2v) is 6.35. The number of ether oxygens (including phenoxy) is 1. The molecule has 156 valence electrons. The van der Waals surface area contributed by atoms with Crippen LogP contribution in [0, 0.1) is 11.3 Å². The van der Waals surface area contributed by atoms with E-state index in [-0.39, 0.29) is 23.2 Å². The van der Waals surface area contributed by atoms with Crippen molar-refractivity contribution in [2.75, 3.05) is 18.6 Å². The zero-order valence-electron chi connectivity index (χ0n) is 17.1. The first-order valence-electron chi connectivity index (χ1n) is 9.41. The van der Waals surface area contributed by atoms with Gasteiger partial charge in [-0.15, -0.1) is 0 Å². The molecule has 4 rings (SSSR count). The average molecular weight is 415 g/mol. The second kappa shape index (κ2) is 9.37. The van der Waals surface area contributed by atoms with Crippen molar-refractivity contribution >= 4 is 23.3 Å². The number of hydrogen-bond donors (Lipinski definition) is 2. The van der Waals surface area contributed by atoms with Crippen molar-refractivity contribution in [1.82, 2.24) is 19.4 Å². The third-order valence-corrected chi connectivity index (χ3v) is 4.51. The van der Waals surface area contributed by atoms with Crippen LogP contribution in [-0.4, -0.2) is 32.4 Å². The molecule has 9 nitrogen and oxygen atoms in total. The number of esters is 1. The molecule has 0 aliphatic carbocycles. The quantitative estimate of drug-likeness (QED) is 0.486. The highest BCUT2D eigenvalue weighted by Crippen LogP contribution is 2.27. The lowest BCUT2D eigenvalue weighted by Gasteiger charge is -2.08. The van der Waals surface area contributed by atoms with Gasteiger partial charge in [-0.25, -0.2) is 19.7 Å². The highest BCUT2D eigenvalue weighted by molar-refractivity contribution is 5.89. The van der Waals surface area contributed by atoms with Crippen LogP contribution in [0.2, 0.25) is 0 Å². The van der Waals surface area contributed by atoms with Gasteiger partial charge >= 0.3 is 5.97 Å². The lowest BCUT2D eigenvalue weighted by atomic mass is 10.1. The van der Waals surface area contributed by atoms with Gasteiger partial charge in [0.05, 0.1) is 18.5 Å². The molecule has 3 heterocycles. The number of aromatic nitrogens is 4. The first-order chi connectivity index (χ1) is 15.0. The molecule has 0 unspecified atom stereocenters. The minimum atomic E-state index is -0.363. The Morgan fingerprint density at radius 2 is 1.77 bits per heavy atom. The smallest absolute Gasteiger partial charge is 0.355 e. The Balaban J connectivity index is 0.000000229. The number of nitrogens with two attached hydrogens (primary N) is 2. The molecular weight excluding hydrogens is 394 g/mol. The summed E-state index contributed by atoms with van der Waals surface area (Å²) in [7, 11) is 1.39. The topological polar surface area (TPSA) is 145 Å². The van der Waals surface area contributed by atoms with Crippen LogP contribution in [0.25, 0.3) is 16.9 Å². The van der Waals surface area contributed by atoms with E-state index >= 15 is 0 Å². The van der Waals surface area contributed by atoms with E-state index in [4.69, 9.17) is 21.5 Å². The molecule has 4 N–H and O–H groups in total. The lowest BCUT2D eigenvalue weighted by molar-refractivity contribution is 0.0592. The van der Waals surface area contributed by atoms with Crippen LogP contribution >= 0.6 is 0 Å². The molecular formula is C22H21N7O2. The van der Waals surface area contributed by atoms with Gasteiger partial charge in [0.15, 0.2) is 0 Å². The van der Waals surface area contributed by atoms with Crippen LogP contribution < -0.4 is 11.5 Å². The third-order valence-electron chi connectivity index (χ3n) is 4.51.